The molecule has 88 valence electrons. The van der Waals surface area contributed by atoms with Gasteiger partial charge in [-0.15, -0.1) is 0 Å². The molecule has 0 heterocycles. The summed E-state index contributed by atoms with van der Waals surface area (Å²) in [5.41, 5.74) is 4.81. The fraction of sp³-hybridized carbons (Fsp3) is 0.200. The Morgan fingerprint density at radius 1 is 0.824 bits per heavy atom. The minimum Gasteiger partial charge on any atom is -0.508 e. The number of phenols is 2. The summed E-state index contributed by atoms with van der Waals surface area (Å²) in [6.45, 7) is 5.92. The minimum absolute atomic E-state index is 0.226. The number of rotatable bonds is 1. The molecule has 0 atom stereocenters. The van der Waals surface area contributed by atoms with Crippen LogP contribution in [0.25, 0.3) is 11.1 Å². The first kappa shape index (κ1) is 11.5. The molecule has 2 nitrogen and oxygen atoms in total. The summed E-state index contributed by atoms with van der Waals surface area (Å²) in [5, 5.41) is 19.6. The third-order valence-electron chi connectivity index (χ3n) is 3.09. The standard InChI is InChI=1S/C15H16O2/c1-9-4-5-15(17)14(6-9)13-8-12(16)7-10(2)11(13)3/h4-8,16-17H,1-3H3. The minimum atomic E-state index is 0.226. The average Bonchev–Trinajstić information content (AvgIpc) is 2.27. The molecule has 0 saturated heterocycles. The molecule has 0 saturated carbocycles. The van der Waals surface area contributed by atoms with E-state index < -0.39 is 0 Å². The second-order valence-electron chi connectivity index (χ2n) is 4.46. The Morgan fingerprint density at radius 2 is 1.53 bits per heavy atom. The van der Waals surface area contributed by atoms with E-state index in [0.717, 1.165) is 27.8 Å². The highest BCUT2D eigenvalue weighted by atomic mass is 16.3. The van der Waals surface area contributed by atoms with Crippen LogP contribution in [0.3, 0.4) is 0 Å². The van der Waals surface area contributed by atoms with Gasteiger partial charge in [0.05, 0.1) is 0 Å². The van der Waals surface area contributed by atoms with Crippen molar-refractivity contribution in [2.45, 2.75) is 20.8 Å². The van der Waals surface area contributed by atoms with Gasteiger partial charge in [0.25, 0.3) is 0 Å². The van der Waals surface area contributed by atoms with Gasteiger partial charge >= 0.3 is 0 Å². The lowest BCUT2D eigenvalue weighted by atomic mass is 9.95. The van der Waals surface area contributed by atoms with Crippen LogP contribution < -0.4 is 0 Å². The van der Waals surface area contributed by atoms with Crippen molar-refractivity contribution >= 4 is 0 Å². The van der Waals surface area contributed by atoms with Gasteiger partial charge in [0, 0.05) is 5.56 Å². The van der Waals surface area contributed by atoms with Crippen molar-refractivity contribution in [1.29, 1.82) is 0 Å². The third-order valence-corrected chi connectivity index (χ3v) is 3.09. The maximum absolute atomic E-state index is 9.91. The summed E-state index contributed by atoms with van der Waals surface area (Å²) < 4.78 is 0. The molecule has 0 radical (unpaired) electrons. The highest BCUT2D eigenvalue weighted by Crippen LogP contribution is 2.35. The molecule has 0 aliphatic carbocycles. The molecule has 2 aromatic carbocycles. The quantitative estimate of drug-likeness (QED) is 0.781. The molecule has 0 bridgehead atoms. The highest BCUT2D eigenvalue weighted by Gasteiger charge is 2.10. The number of hydrogen-bond acceptors (Lipinski definition) is 2. The predicted molar refractivity (Wildman–Crippen MR) is 69.4 cm³/mol. The van der Waals surface area contributed by atoms with Crippen molar-refractivity contribution in [1.82, 2.24) is 0 Å². The highest BCUT2D eigenvalue weighted by molar-refractivity contribution is 5.75. The lowest BCUT2D eigenvalue weighted by molar-refractivity contribution is 0.473. The van der Waals surface area contributed by atoms with Crippen molar-refractivity contribution < 1.29 is 10.2 Å². The van der Waals surface area contributed by atoms with Crippen LogP contribution in [-0.2, 0) is 0 Å². The second-order valence-corrected chi connectivity index (χ2v) is 4.46. The molecule has 2 N–H and O–H groups in total. The van der Waals surface area contributed by atoms with E-state index in [9.17, 15) is 10.2 Å². The zero-order valence-corrected chi connectivity index (χ0v) is 10.3. The number of phenolic OH excluding ortho intramolecular Hbond substituents is 2. The van der Waals surface area contributed by atoms with Crippen LogP contribution in [0.5, 0.6) is 11.5 Å². The number of benzene rings is 2. The molecule has 0 aromatic heterocycles. The topological polar surface area (TPSA) is 40.5 Å². The second kappa shape index (κ2) is 4.13. The third kappa shape index (κ3) is 2.11. The average molecular weight is 228 g/mol. The van der Waals surface area contributed by atoms with E-state index in [4.69, 9.17) is 0 Å². The molecule has 17 heavy (non-hydrogen) atoms. The van der Waals surface area contributed by atoms with Crippen LogP contribution in [0.4, 0.5) is 0 Å². The van der Waals surface area contributed by atoms with E-state index in [1.54, 1.807) is 18.2 Å². The Hall–Kier alpha value is -1.96. The molecular weight excluding hydrogens is 212 g/mol. The van der Waals surface area contributed by atoms with E-state index in [-0.39, 0.29) is 11.5 Å². The molecule has 0 amide bonds. The summed E-state index contributed by atoms with van der Waals surface area (Å²) in [6, 6.07) is 8.90. The summed E-state index contributed by atoms with van der Waals surface area (Å²) in [4.78, 5) is 0. The van der Waals surface area contributed by atoms with E-state index in [1.807, 2.05) is 32.9 Å². The fourth-order valence-corrected chi connectivity index (χ4v) is 1.99. The molecule has 0 unspecified atom stereocenters. The van der Waals surface area contributed by atoms with Gasteiger partial charge in [0.1, 0.15) is 11.5 Å². The lowest BCUT2D eigenvalue weighted by Gasteiger charge is -2.12. The SMILES string of the molecule is Cc1ccc(O)c(-c2cc(O)cc(C)c2C)c1. The molecule has 0 aliphatic rings. The normalized spacial score (nSPS) is 10.5. The van der Waals surface area contributed by atoms with Gasteiger partial charge in [-0.25, -0.2) is 0 Å². The largest absolute Gasteiger partial charge is 0.508 e. The molecular formula is C15H16O2. The Bertz CT molecular complexity index is 571. The van der Waals surface area contributed by atoms with Gasteiger partial charge in [-0.05, 0) is 61.7 Å². The molecule has 2 rings (SSSR count). The molecule has 0 spiro atoms. The van der Waals surface area contributed by atoms with Crippen LogP contribution in [-0.4, -0.2) is 10.2 Å². The lowest BCUT2D eigenvalue weighted by Crippen LogP contribution is -1.89. The summed E-state index contributed by atoms with van der Waals surface area (Å²) in [6.07, 6.45) is 0. The predicted octanol–water partition coefficient (Wildman–Crippen LogP) is 3.69. The maximum atomic E-state index is 9.91. The van der Waals surface area contributed by atoms with Crippen molar-refractivity contribution in [3.05, 3.63) is 47.0 Å². The summed E-state index contributed by atoms with van der Waals surface area (Å²) in [5.74, 6) is 0.465. The van der Waals surface area contributed by atoms with E-state index in [1.165, 1.54) is 0 Å². The Kier molecular flexibility index (Phi) is 2.80. The van der Waals surface area contributed by atoms with Crippen LogP contribution in [0, 0.1) is 20.8 Å². The monoisotopic (exact) mass is 228 g/mol. The first-order valence-electron chi connectivity index (χ1n) is 5.59. The Balaban J connectivity index is 2.72. The van der Waals surface area contributed by atoms with Crippen LogP contribution in [0.15, 0.2) is 30.3 Å². The van der Waals surface area contributed by atoms with Crippen LogP contribution >= 0.6 is 0 Å². The van der Waals surface area contributed by atoms with E-state index in [2.05, 4.69) is 0 Å². The number of hydrogen-bond donors (Lipinski definition) is 2. The zero-order chi connectivity index (χ0) is 12.6. The molecule has 0 aliphatic heterocycles. The van der Waals surface area contributed by atoms with Crippen LogP contribution in [0.2, 0.25) is 0 Å². The van der Waals surface area contributed by atoms with E-state index >= 15 is 0 Å². The van der Waals surface area contributed by atoms with Crippen molar-refractivity contribution in [3.8, 4) is 22.6 Å². The summed E-state index contributed by atoms with van der Waals surface area (Å²) in [7, 11) is 0. The van der Waals surface area contributed by atoms with Gasteiger partial charge < -0.3 is 10.2 Å². The zero-order valence-electron chi connectivity index (χ0n) is 10.3. The summed E-state index contributed by atoms with van der Waals surface area (Å²) >= 11 is 0. The fourth-order valence-electron chi connectivity index (χ4n) is 1.99. The van der Waals surface area contributed by atoms with Crippen LogP contribution in [0.1, 0.15) is 16.7 Å². The van der Waals surface area contributed by atoms with Gasteiger partial charge in [-0.2, -0.15) is 0 Å². The Labute approximate surface area is 101 Å². The Morgan fingerprint density at radius 3 is 2.24 bits per heavy atom. The van der Waals surface area contributed by atoms with Crippen molar-refractivity contribution in [3.63, 3.8) is 0 Å². The van der Waals surface area contributed by atoms with Gasteiger partial charge in [0.15, 0.2) is 0 Å². The first-order valence-corrected chi connectivity index (χ1v) is 5.59. The smallest absolute Gasteiger partial charge is 0.123 e. The molecule has 2 heteroatoms. The molecule has 0 fully saturated rings. The van der Waals surface area contributed by atoms with E-state index in [0.29, 0.717) is 0 Å². The van der Waals surface area contributed by atoms with Gasteiger partial charge in [0.2, 0.25) is 0 Å². The first-order chi connectivity index (χ1) is 7.99. The van der Waals surface area contributed by atoms with Crippen molar-refractivity contribution in [2.24, 2.45) is 0 Å². The number of aromatic hydroxyl groups is 2. The van der Waals surface area contributed by atoms with Gasteiger partial charge in [-0.3, -0.25) is 0 Å². The van der Waals surface area contributed by atoms with Crippen molar-refractivity contribution in [2.75, 3.05) is 0 Å². The maximum Gasteiger partial charge on any atom is 0.123 e. The van der Waals surface area contributed by atoms with Gasteiger partial charge in [-0.1, -0.05) is 11.6 Å². The number of aryl methyl sites for hydroxylation is 2. The molecule has 2 aromatic rings.